The van der Waals surface area contributed by atoms with Gasteiger partial charge in [0, 0.05) is 0 Å². The first-order chi connectivity index (χ1) is 8.62. The second kappa shape index (κ2) is 5.43. The number of carboxylic acid groups (broad SMARTS) is 2. The maximum atomic E-state index is 11.2. The van der Waals surface area contributed by atoms with Crippen LogP contribution in [0.5, 0.6) is 0 Å². The van der Waals surface area contributed by atoms with E-state index in [1.807, 2.05) is 0 Å². The van der Waals surface area contributed by atoms with Gasteiger partial charge in [-0.15, -0.1) is 0 Å². The number of hydrogen-bond acceptors (Lipinski definition) is 5. The van der Waals surface area contributed by atoms with E-state index < -0.39 is 39.0 Å². The van der Waals surface area contributed by atoms with Crippen molar-refractivity contribution in [1.82, 2.24) is 0 Å². The van der Waals surface area contributed by atoms with Crippen LogP contribution >= 0.6 is 11.6 Å². The molecule has 5 N–H and O–H groups in total. The van der Waals surface area contributed by atoms with Gasteiger partial charge in [-0.25, -0.2) is 18.4 Å². The van der Waals surface area contributed by atoms with Crippen LogP contribution in [0.4, 0.5) is 5.69 Å². The minimum Gasteiger partial charge on any atom is -0.480 e. The molecule has 0 saturated carbocycles. The van der Waals surface area contributed by atoms with Crippen LogP contribution < -0.4 is 10.5 Å². The van der Waals surface area contributed by atoms with Gasteiger partial charge in [0.15, 0.2) is 0 Å². The number of aliphatic carboxylic acids is 1. The summed E-state index contributed by atoms with van der Waals surface area (Å²) < 4.78 is 22.4. The van der Waals surface area contributed by atoms with Crippen molar-refractivity contribution in [3.8, 4) is 0 Å². The number of rotatable bonds is 5. The molecule has 19 heavy (non-hydrogen) atoms. The Labute approximate surface area is 112 Å². The van der Waals surface area contributed by atoms with Crippen molar-refractivity contribution in [2.75, 3.05) is 11.9 Å². The SMILES string of the molecule is NS(=O)(=O)c1cc(C(=O)O)c(NCC(=O)O)cc1Cl. The van der Waals surface area contributed by atoms with Gasteiger partial charge in [0.1, 0.15) is 11.4 Å². The number of carboxylic acids is 2. The topological polar surface area (TPSA) is 147 Å². The first-order valence-corrected chi connectivity index (χ1v) is 6.60. The van der Waals surface area contributed by atoms with Crippen molar-refractivity contribution in [3.05, 3.63) is 22.7 Å². The third-order valence-electron chi connectivity index (χ3n) is 2.04. The van der Waals surface area contributed by atoms with Gasteiger partial charge in [-0.05, 0) is 12.1 Å². The fourth-order valence-corrected chi connectivity index (χ4v) is 2.36. The van der Waals surface area contributed by atoms with E-state index in [1.165, 1.54) is 0 Å². The highest BCUT2D eigenvalue weighted by Gasteiger charge is 2.20. The fourth-order valence-electron chi connectivity index (χ4n) is 1.27. The molecule has 0 amide bonds. The molecule has 0 heterocycles. The Balaban J connectivity index is 3.38. The number of benzene rings is 1. The molecule has 0 radical (unpaired) electrons. The number of nitrogens with two attached hydrogens (primary N) is 1. The highest BCUT2D eigenvalue weighted by Crippen LogP contribution is 2.28. The molecular formula is C9H9ClN2O6S. The van der Waals surface area contributed by atoms with E-state index in [1.54, 1.807) is 0 Å². The van der Waals surface area contributed by atoms with Gasteiger partial charge in [0.25, 0.3) is 0 Å². The van der Waals surface area contributed by atoms with Crippen molar-refractivity contribution < 1.29 is 28.2 Å². The summed E-state index contributed by atoms with van der Waals surface area (Å²) in [5.74, 6) is -2.67. The summed E-state index contributed by atoms with van der Waals surface area (Å²) in [6.45, 7) is -0.550. The fraction of sp³-hybridized carbons (Fsp3) is 0.111. The van der Waals surface area contributed by atoms with Gasteiger partial charge < -0.3 is 15.5 Å². The van der Waals surface area contributed by atoms with E-state index in [0.29, 0.717) is 0 Å². The minimum atomic E-state index is -4.18. The lowest BCUT2D eigenvalue weighted by Crippen LogP contribution is -2.17. The van der Waals surface area contributed by atoms with E-state index in [4.69, 9.17) is 27.0 Å². The molecule has 0 spiro atoms. The molecule has 0 atom stereocenters. The number of halogens is 1. The summed E-state index contributed by atoms with van der Waals surface area (Å²) in [6, 6.07) is 1.76. The minimum absolute atomic E-state index is 0.118. The van der Waals surface area contributed by atoms with Gasteiger partial charge in [-0.2, -0.15) is 0 Å². The van der Waals surface area contributed by atoms with Gasteiger partial charge in [0.2, 0.25) is 10.0 Å². The zero-order valence-corrected chi connectivity index (χ0v) is 10.8. The monoisotopic (exact) mass is 308 g/mol. The van der Waals surface area contributed by atoms with Crippen LogP contribution in [-0.4, -0.2) is 37.1 Å². The number of sulfonamides is 1. The Hall–Kier alpha value is -1.84. The van der Waals surface area contributed by atoms with Crippen LogP contribution in [0.1, 0.15) is 10.4 Å². The molecule has 0 unspecified atom stereocenters. The lowest BCUT2D eigenvalue weighted by molar-refractivity contribution is -0.134. The Morgan fingerprint density at radius 1 is 1.32 bits per heavy atom. The lowest BCUT2D eigenvalue weighted by Gasteiger charge is -2.10. The molecule has 8 nitrogen and oxygen atoms in total. The maximum absolute atomic E-state index is 11.2. The molecular weight excluding hydrogens is 300 g/mol. The molecule has 0 aliphatic heterocycles. The molecule has 0 fully saturated rings. The predicted octanol–water partition coefficient (Wildman–Crippen LogP) is 0.182. The van der Waals surface area contributed by atoms with Crippen LogP contribution in [0.25, 0.3) is 0 Å². The second-order valence-electron chi connectivity index (χ2n) is 3.43. The summed E-state index contributed by atoms with van der Waals surface area (Å²) >= 11 is 5.67. The summed E-state index contributed by atoms with van der Waals surface area (Å²) in [6.07, 6.45) is 0. The van der Waals surface area contributed by atoms with Crippen LogP contribution in [0.2, 0.25) is 5.02 Å². The Bertz CT molecular complexity index is 642. The van der Waals surface area contributed by atoms with Gasteiger partial charge in [-0.3, -0.25) is 4.79 Å². The standard InChI is InChI=1S/C9H9ClN2O6S/c10-5-2-6(12-3-8(13)14)4(9(15)16)1-7(5)19(11,17)18/h1-2,12H,3H2,(H,13,14)(H,15,16)(H2,11,17,18). The lowest BCUT2D eigenvalue weighted by atomic mass is 10.2. The normalized spacial score (nSPS) is 11.1. The molecule has 0 saturated heterocycles. The number of primary sulfonamides is 1. The molecule has 0 aromatic heterocycles. The third-order valence-corrected chi connectivity index (χ3v) is 3.41. The maximum Gasteiger partial charge on any atom is 0.337 e. The van der Waals surface area contributed by atoms with Crippen molar-refractivity contribution in [2.24, 2.45) is 5.14 Å². The summed E-state index contributed by atoms with van der Waals surface area (Å²) in [7, 11) is -4.18. The Kier molecular flexibility index (Phi) is 4.35. The number of anilines is 1. The van der Waals surface area contributed by atoms with Crippen molar-refractivity contribution >= 4 is 39.3 Å². The van der Waals surface area contributed by atoms with Crippen LogP contribution in [-0.2, 0) is 14.8 Å². The molecule has 104 valence electrons. The van der Waals surface area contributed by atoms with E-state index in [0.717, 1.165) is 12.1 Å². The summed E-state index contributed by atoms with van der Waals surface area (Å²) in [5, 5.41) is 24.3. The Morgan fingerprint density at radius 2 is 1.89 bits per heavy atom. The third kappa shape index (κ3) is 3.81. The molecule has 1 aromatic carbocycles. The van der Waals surface area contributed by atoms with E-state index >= 15 is 0 Å². The molecule has 0 bridgehead atoms. The molecule has 1 rings (SSSR count). The zero-order valence-electron chi connectivity index (χ0n) is 9.25. The molecule has 10 heteroatoms. The van der Waals surface area contributed by atoms with Crippen molar-refractivity contribution in [2.45, 2.75) is 4.90 Å². The summed E-state index contributed by atoms with van der Waals surface area (Å²) in [5.41, 5.74) is -0.568. The van der Waals surface area contributed by atoms with Crippen molar-refractivity contribution in [3.63, 3.8) is 0 Å². The highest BCUT2D eigenvalue weighted by molar-refractivity contribution is 7.89. The number of aromatic carboxylic acids is 1. The van der Waals surface area contributed by atoms with E-state index in [-0.39, 0.29) is 10.7 Å². The first kappa shape index (κ1) is 15.2. The van der Waals surface area contributed by atoms with Gasteiger partial charge in [0.05, 0.1) is 16.3 Å². The molecule has 0 aliphatic rings. The average Bonchev–Trinajstić information content (AvgIpc) is 2.23. The highest BCUT2D eigenvalue weighted by atomic mass is 35.5. The van der Waals surface area contributed by atoms with E-state index in [2.05, 4.69) is 5.32 Å². The average molecular weight is 309 g/mol. The second-order valence-corrected chi connectivity index (χ2v) is 5.36. The smallest absolute Gasteiger partial charge is 0.337 e. The van der Waals surface area contributed by atoms with Crippen LogP contribution in [0.15, 0.2) is 17.0 Å². The van der Waals surface area contributed by atoms with Crippen LogP contribution in [0.3, 0.4) is 0 Å². The summed E-state index contributed by atoms with van der Waals surface area (Å²) in [4.78, 5) is 20.8. The number of carbonyl (C=O) groups is 2. The number of hydrogen-bond donors (Lipinski definition) is 4. The Morgan fingerprint density at radius 3 is 2.32 bits per heavy atom. The molecule has 0 aliphatic carbocycles. The zero-order chi connectivity index (χ0) is 14.8. The quantitative estimate of drug-likeness (QED) is 0.606. The molecule has 1 aromatic rings. The van der Waals surface area contributed by atoms with Crippen molar-refractivity contribution in [1.29, 1.82) is 0 Å². The van der Waals surface area contributed by atoms with Crippen LogP contribution in [0, 0.1) is 0 Å². The predicted molar refractivity (Wildman–Crippen MR) is 65.9 cm³/mol. The number of nitrogens with one attached hydrogen (secondary N) is 1. The largest absolute Gasteiger partial charge is 0.480 e. The van der Waals surface area contributed by atoms with E-state index in [9.17, 15) is 18.0 Å². The van der Waals surface area contributed by atoms with Gasteiger partial charge >= 0.3 is 11.9 Å². The van der Waals surface area contributed by atoms with Gasteiger partial charge in [-0.1, -0.05) is 11.6 Å². The first-order valence-electron chi connectivity index (χ1n) is 4.68.